The minimum Gasteiger partial charge on any atom is -0.369 e. The summed E-state index contributed by atoms with van der Waals surface area (Å²) in [5.74, 6) is -0.0798. The number of amides is 1. The molecular weight excluding hydrogens is 368 g/mol. The Hall–Kier alpha value is -2.91. The molecule has 1 amide bonds. The van der Waals surface area contributed by atoms with Gasteiger partial charge >= 0.3 is 0 Å². The molecule has 1 saturated carbocycles. The first kappa shape index (κ1) is 20.4. The van der Waals surface area contributed by atoms with Gasteiger partial charge in [-0.05, 0) is 54.8 Å². The monoisotopic (exact) mass is 398 g/mol. The van der Waals surface area contributed by atoms with Crippen molar-refractivity contribution in [3.05, 3.63) is 108 Å². The van der Waals surface area contributed by atoms with Crippen LogP contribution < -0.4 is 11.1 Å². The lowest BCUT2D eigenvalue weighted by molar-refractivity contribution is -0.123. The molecule has 1 aliphatic rings. The SMILES string of the molecule is NC(=O)C(c1ccccc1)(c1ccccc1)C1CCC(NCCc2ccccc2)C1. The molecule has 3 aromatic carbocycles. The smallest absolute Gasteiger partial charge is 0.232 e. The van der Waals surface area contributed by atoms with Crippen molar-refractivity contribution in [2.45, 2.75) is 37.1 Å². The summed E-state index contributed by atoms with van der Waals surface area (Å²) in [5.41, 5.74) is 8.73. The van der Waals surface area contributed by atoms with Crippen LogP contribution in [0.2, 0.25) is 0 Å². The Morgan fingerprint density at radius 3 is 1.90 bits per heavy atom. The fraction of sp³-hybridized carbons (Fsp3) is 0.296. The summed E-state index contributed by atoms with van der Waals surface area (Å²) in [5, 5.41) is 3.72. The van der Waals surface area contributed by atoms with E-state index in [4.69, 9.17) is 5.73 Å². The highest BCUT2D eigenvalue weighted by atomic mass is 16.1. The van der Waals surface area contributed by atoms with Crippen LogP contribution in [-0.2, 0) is 16.6 Å². The van der Waals surface area contributed by atoms with Gasteiger partial charge in [-0.15, -0.1) is 0 Å². The second kappa shape index (κ2) is 9.27. The van der Waals surface area contributed by atoms with Crippen molar-refractivity contribution >= 4 is 5.91 Å². The van der Waals surface area contributed by atoms with Crippen LogP contribution in [-0.4, -0.2) is 18.5 Å². The zero-order valence-electron chi connectivity index (χ0n) is 17.3. The maximum absolute atomic E-state index is 13.1. The van der Waals surface area contributed by atoms with Gasteiger partial charge in [0.2, 0.25) is 5.91 Å². The van der Waals surface area contributed by atoms with E-state index in [2.05, 4.69) is 35.6 Å². The van der Waals surface area contributed by atoms with Crippen molar-refractivity contribution in [2.75, 3.05) is 6.54 Å². The van der Waals surface area contributed by atoms with E-state index in [0.29, 0.717) is 6.04 Å². The number of benzene rings is 3. The van der Waals surface area contributed by atoms with Gasteiger partial charge in [0, 0.05) is 6.04 Å². The van der Waals surface area contributed by atoms with Crippen LogP contribution in [0.15, 0.2) is 91.0 Å². The third-order valence-electron chi connectivity index (χ3n) is 6.58. The molecule has 0 bridgehead atoms. The van der Waals surface area contributed by atoms with Crippen molar-refractivity contribution in [2.24, 2.45) is 11.7 Å². The lowest BCUT2D eigenvalue weighted by Crippen LogP contribution is -2.48. The fourth-order valence-corrected chi connectivity index (χ4v) is 5.15. The standard InChI is InChI=1S/C27H30N2O/c28-26(30)27(22-12-6-2-7-13-22,23-14-8-3-9-15-23)24-16-17-25(20-24)29-19-18-21-10-4-1-5-11-21/h1-15,24-25,29H,16-20H2,(H2,28,30). The number of hydrogen-bond donors (Lipinski definition) is 2. The summed E-state index contributed by atoms with van der Waals surface area (Å²) in [6.45, 7) is 0.946. The molecule has 154 valence electrons. The van der Waals surface area contributed by atoms with E-state index < -0.39 is 5.41 Å². The van der Waals surface area contributed by atoms with E-state index in [0.717, 1.165) is 43.4 Å². The molecule has 30 heavy (non-hydrogen) atoms. The zero-order valence-corrected chi connectivity index (χ0v) is 17.3. The largest absolute Gasteiger partial charge is 0.369 e. The van der Waals surface area contributed by atoms with Gasteiger partial charge in [0.1, 0.15) is 5.41 Å². The normalized spacial score (nSPS) is 18.9. The molecule has 0 radical (unpaired) electrons. The third kappa shape index (κ3) is 4.03. The molecule has 0 heterocycles. The zero-order chi connectivity index (χ0) is 20.8. The van der Waals surface area contributed by atoms with E-state index in [1.54, 1.807) is 0 Å². The number of carbonyl (C=O) groups is 1. The van der Waals surface area contributed by atoms with E-state index in [9.17, 15) is 4.79 Å². The highest BCUT2D eigenvalue weighted by Gasteiger charge is 2.49. The summed E-state index contributed by atoms with van der Waals surface area (Å²) in [6.07, 6.45) is 4.01. The summed E-state index contributed by atoms with van der Waals surface area (Å²) in [4.78, 5) is 13.1. The van der Waals surface area contributed by atoms with Gasteiger partial charge in [0.25, 0.3) is 0 Å². The number of primary amides is 1. The average Bonchev–Trinajstić information content (AvgIpc) is 3.25. The number of nitrogens with two attached hydrogens (primary N) is 1. The van der Waals surface area contributed by atoms with Crippen molar-refractivity contribution in [1.29, 1.82) is 0 Å². The third-order valence-corrected chi connectivity index (χ3v) is 6.58. The molecule has 0 aliphatic heterocycles. The van der Waals surface area contributed by atoms with Gasteiger partial charge in [-0.3, -0.25) is 4.79 Å². The molecule has 3 nitrogen and oxygen atoms in total. The van der Waals surface area contributed by atoms with Crippen molar-refractivity contribution in [3.63, 3.8) is 0 Å². The summed E-state index contributed by atoms with van der Waals surface area (Å²) < 4.78 is 0. The number of carbonyl (C=O) groups excluding carboxylic acids is 1. The quantitative estimate of drug-likeness (QED) is 0.589. The van der Waals surface area contributed by atoms with Gasteiger partial charge in [-0.25, -0.2) is 0 Å². The molecule has 0 saturated heterocycles. The van der Waals surface area contributed by atoms with E-state index >= 15 is 0 Å². The Morgan fingerprint density at radius 1 is 0.833 bits per heavy atom. The van der Waals surface area contributed by atoms with Crippen molar-refractivity contribution in [1.82, 2.24) is 5.32 Å². The van der Waals surface area contributed by atoms with Crippen molar-refractivity contribution < 1.29 is 4.79 Å². The van der Waals surface area contributed by atoms with Crippen LogP contribution in [0.25, 0.3) is 0 Å². The Balaban J connectivity index is 1.56. The lowest BCUT2D eigenvalue weighted by atomic mass is 9.64. The maximum atomic E-state index is 13.1. The molecule has 4 rings (SSSR count). The highest BCUT2D eigenvalue weighted by Crippen LogP contribution is 2.46. The maximum Gasteiger partial charge on any atom is 0.232 e. The van der Waals surface area contributed by atoms with Crippen LogP contribution in [0.3, 0.4) is 0 Å². The molecule has 1 aliphatic carbocycles. The van der Waals surface area contributed by atoms with Gasteiger partial charge in [0.05, 0.1) is 0 Å². The van der Waals surface area contributed by atoms with Gasteiger partial charge in [0.15, 0.2) is 0 Å². The highest BCUT2D eigenvalue weighted by molar-refractivity contribution is 5.91. The summed E-state index contributed by atoms with van der Waals surface area (Å²) >= 11 is 0. The predicted octanol–water partition coefficient (Wildman–Crippen LogP) is 4.46. The second-order valence-electron chi connectivity index (χ2n) is 8.30. The first-order valence-corrected chi connectivity index (χ1v) is 10.9. The molecular formula is C27H30N2O. The van der Waals surface area contributed by atoms with Crippen LogP contribution >= 0.6 is 0 Å². The molecule has 3 aromatic rings. The Labute approximate surface area is 179 Å². The molecule has 3 N–H and O–H groups in total. The fourth-order valence-electron chi connectivity index (χ4n) is 5.15. The van der Waals surface area contributed by atoms with Gasteiger partial charge in [-0.1, -0.05) is 91.0 Å². The number of hydrogen-bond acceptors (Lipinski definition) is 2. The first-order chi connectivity index (χ1) is 14.7. The van der Waals surface area contributed by atoms with Crippen LogP contribution in [0.4, 0.5) is 0 Å². The van der Waals surface area contributed by atoms with Crippen LogP contribution in [0.5, 0.6) is 0 Å². The molecule has 2 atom stereocenters. The average molecular weight is 399 g/mol. The molecule has 2 unspecified atom stereocenters. The topological polar surface area (TPSA) is 55.1 Å². The minimum absolute atomic E-state index is 0.175. The van der Waals surface area contributed by atoms with Gasteiger partial charge in [-0.2, -0.15) is 0 Å². The molecule has 0 aromatic heterocycles. The summed E-state index contributed by atoms with van der Waals surface area (Å²) in [7, 11) is 0. The lowest BCUT2D eigenvalue weighted by Gasteiger charge is -2.37. The second-order valence-corrected chi connectivity index (χ2v) is 8.30. The molecule has 0 spiro atoms. The van der Waals surface area contributed by atoms with Crippen LogP contribution in [0, 0.1) is 5.92 Å². The number of rotatable bonds is 8. The molecule has 3 heteroatoms. The Kier molecular flexibility index (Phi) is 6.29. The minimum atomic E-state index is -0.793. The Morgan fingerprint density at radius 2 is 1.37 bits per heavy atom. The van der Waals surface area contributed by atoms with E-state index in [1.165, 1.54) is 5.56 Å². The van der Waals surface area contributed by atoms with E-state index in [1.807, 2.05) is 60.7 Å². The predicted molar refractivity (Wildman–Crippen MR) is 122 cm³/mol. The Bertz CT molecular complexity index is 901. The van der Waals surface area contributed by atoms with Crippen LogP contribution in [0.1, 0.15) is 36.0 Å². The van der Waals surface area contributed by atoms with E-state index in [-0.39, 0.29) is 11.8 Å². The van der Waals surface area contributed by atoms with Gasteiger partial charge < -0.3 is 11.1 Å². The van der Waals surface area contributed by atoms with Crippen molar-refractivity contribution in [3.8, 4) is 0 Å². The first-order valence-electron chi connectivity index (χ1n) is 10.9. The summed E-state index contributed by atoms with van der Waals surface area (Å²) in [6, 6.07) is 31.1. The number of nitrogens with one attached hydrogen (secondary N) is 1. The molecule has 1 fully saturated rings.